The number of thiol groups is 1. The van der Waals surface area contributed by atoms with Crippen molar-refractivity contribution < 1.29 is 4.79 Å². The van der Waals surface area contributed by atoms with Crippen molar-refractivity contribution in [3.8, 4) is 0 Å². The fourth-order valence-electron chi connectivity index (χ4n) is 1.01. The molecule has 10 heavy (non-hydrogen) atoms. The summed E-state index contributed by atoms with van der Waals surface area (Å²) in [5.41, 5.74) is 0. The van der Waals surface area contributed by atoms with E-state index in [1.807, 2.05) is 4.90 Å². The van der Waals surface area contributed by atoms with Gasteiger partial charge in [-0.3, -0.25) is 4.79 Å². The van der Waals surface area contributed by atoms with E-state index in [2.05, 4.69) is 17.9 Å². The molecule has 1 aliphatic heterocycles. The summed E-state index contributed by atoms with van der Waals surface area (Å²) in [4.78, 5) is 12.8. The molecule has 0 aromatic carbocycles. The van der Waals surface area contributed by atoms with Gasteiger partial charge in [-0.1, -0.05) is 0 Å². The Kier molecular flexibility index (Phi) is 3.02. The van der Waals surface area contributed by atoms with Gasteiger partial charge in [-0.2, -0.15) is 12.6 Å². The zero-order valence-corrected chi connectivity index (χ0v) is 6.73. The first kappa shape index (κ1) is 7.88. The molecule has 0 unspecified atom stereocenters. The van der Waals surface area contributed by atoms with Crippen LogP contribution in [0, 0.1) is 0 Å². The molecule has 0 aliphatic carbocycles. The van der Waals surface area contributed by atoms with Gasteiger partial charge >= 0.3 is 0 Å². The van der Waals surface area contributed by atoms with E-state index in [1.54, 1.807) is 0 Å². The summed E-state index contributed by atoms with van der Waals surface area (Å²) < 4.78 is 0. The van der Waals surface area contributed by atoms with Gasteiger partial charge < -0.3 is 10.2 Å². The SMILES string of the molecule is O=C(CS)N1CCNCC1. The first-order valence-electron chi connectivity index (χ1n) is 3.44. The van der Waals surface area contributed by atoms with Crippen molar-refractivity contribution in [2.75, 3.05) is 31.9 Å². The Bertz CT molecular complexity index is 123. The lowest BCUT2D eigenvalue weighted by Gasteiger charge is -2.26. The van der Waals surface area contributed by atoms with Crippen LogP contribution in [-0.4, -0.2) is 42.7 Å². The van der Waals surface area contributed by atoms with Gasteiger partial charge in [-0.25, -0.2) is 0 Å². The lowest BCUT2D eigenvalue weighted by atomic mass is 10.3. The molecule has 0 radical (unpaired) electrons. The maximum absolute atomic E-state index is 11.0. The highest BCUT2D eigenvalue weighted by atomic mass is 32.1. The van der Waals surface area contributed by atoms with Crippen LogP contribution in [0.4, 0.5) is 0 Å². The van der Waals surface area contributed by atoms with Crippen molar-refractivity contribution in [1.29, 1.82) is 0 Å². The van der Waals surface area contributed by atoms with Gasteiger partial charge in [0, 0.05) is 26.2 Å². The summed E-state index contributed by atoms with van der Waals surface area (Å²) in [7, 11) is 0. The van der Waals surface area contributed by atoms with Gasteiger partial charge in [0.15, 0.2) is 0 Å². The number of rotatable bonds is 1. The van der Waals surface area contributed by atoms with Gasteiger partial charge in [0.05, 0.1) is 5.75 Å². The standard InChI is InChI=1S/C6H12N2OS/c9-6(5-10)8-3-1-7-2-4-8/h7,10H,1-5H2. The number of hydrogen-bond acceptors (Lipinski definition) is 3. The van der Waals surface area contributed by atoms with Gasteiger partial charge in [0.2, 0.25) is 5.91 Å². The molecule has 0 aromatic heterocycles. The molecule has 0 aromatic rings. The van der Waals surface area contributed by atoms with Crippen LogP contribution in [0.5, 0.6) is 0 Å². The summed E-state index contributed by atoms with van der Waals surface area (Å²) >= 11 is 3.91. The van der Waals surface area contributed by atoms with Gasteiger partial charge in [-0.15, -0.1) is 0 Å². The lowest BCUT2D eigenvalue weighted by Crippen LogP contribution is -2.46. The molecule has 3 nitrogen and oxygen atoms in total. The second-order valence-electron chi connectivity index (χ2n) is 2.29. The zero-order valence-electron chi connectivity index (χ0n) is 5.84. The number of hydrogen-bond donors (Lipinski definition) is 2. The molecule has 0 bridgehead atoms. The summed E-state index contributed by atoms with van der Waals surface area (Å²) in [6.07, 6.45) is 0. The summed E-state index contributed by atoms with van der Waals surface area (Å²) in [5.74, 6) is 0.477. The van der Waals surface area contributed by atoms with E-state index in [1.165, 1.54) is 0 Å². The van der Waals surface area contributed by atoms with E-state index in [0.29, 0.717) is 5.75 Å². The Morgan fingerprint density at radius 2 is 2.10 bits per heavy atom. The molecule has 4 heteroatoms. The summed E-state index contributed by atoms with van der Waals surface area (Å²) in [6, 6.07) is 0. The van der Waals surface area contributed by atoms with Crippen molar-refractivity contribution in [2.45, 2.75) is 0 Å². The number of nitrogens with one attached hydrogen (secondary N) is 1. The normalized spacial score (nSPS) is 19.1. The molecule has 1 heterocycles. The van der Waals surface area contributed by atoms with Crippen LogP contribution in [0.25, 0.3) is 0 Å². The van der Waals surface area contributed by atoms with E-state index in [0.717, 1.165) is 26.2 Å². The third kappa shape index (κ3) is 1.88. The Labute approximate surface area is 66.2 Å². The lowest BCUT2D eigenvalue weighted by molar-refractivity contribution is -0.128. The molecule has 1 fully saturated rings. The van der Waals surface area contributed by atoms with Crippen molar-refractivity contribution in [1.82, 2.24) is 10.2 Å². The molecule has 1 aliphatic rings. The van der Waals surface area contributed by atoms with Crippen LogP contribution in [0.2, 0.25) is 0 Å². The second kappa shape index (κ2) is 3.83. The van der Waals surface area contributed by atoms with Crippen LogP contribution in [0.3, 0.4) is 0 Å². The third-order valence-corrected chi connectivity index (χ3v) is 1.88. The third-order valence-electron chi connectivity index (χ3n) is 1.60. The highest BCUT2D eigenvalue weighted by Gasteiger charge is 2.13. The average Bonchev–Trinajstić information content (AvgIpc) is 2.05. The average molecular weight is 160 g/mol. The molecule has 0 atom stereocenters. The zero-order chi connectivity index (χ0) is 7.40. The topological polar surface area (TPSA) is 32.3 Å². The van der Waals surface area contributed by atoms with Gasteiger partial charge in [-0.05, 0) is 0 Å². The van der Waals surface area contributed by atoms with E-state index in [4.69, 9.17) is 0 Å². The Balaban J connectivity index is 2.31. The van der Waals surface area contributed by atoms with Crippen molar-refractivity contribution in [3.63, 3.8) is 0 Å². The predicted octanol–water partition coefficient (Wildman–Crippen LogP) is -0.652. The number of amides is 1. The fourth-order valence-corrected chi connectivity index (χ4v) is 1.21. The number of carbonyl (C=O) groups excluding carboxylic acids is 1. The van der Waals surface area contributed by atoms with Crippen molar-refractivity contribution in [3.05, 3.63) is 0 Å². The highest BCUT2D eigenvalue weighted by Crippen LogP contribution is 1.93. The largest absolute Gasteiger partial charge is 0.339 e. The molecule has 1 rings (SSSR count). The Morgan fingerprint density at radius 1 is 1.50 bits per heavy atom. The highest BCUT2D eigenvalue weighted by molar-refractivity contribution is 7.81. The molecule has 0 saturated carbocycles. The molecule has 1 amide bonds. The minimum Gasteiger partial charge on any atom is -0.339 e. The Morgan fingerprint density at radius 3 is 2.60 bits per heavy atom. The van der Waals surface area contributed by atoms with Gasteiger partial charge in [0.25, 0.3) is 0 Å². The minimum absolute atomic E-state index is 0.143. The minimum atomic E-state index is 0.143. The maximum atomic E-state index is 11.0. The molecule has 58 valence electrons. The summed E-state index contributed by atoms with van der Waals surface area (Å²) in [5, 5.41) is 3.17. The molecular weight excluding hydrogens is 148 g/mol. The molecular formula is C6H12N2OS. The Hall–Kier alpha value is -0.220. The van der Waals surface area contributed by atoms with Gasteiger partial charge in [0.1, 0.15) is 0 Å². The first-order valence-corrected chi connectivity index (χ1v) is 4.07. The van der Waals surface area contributed by atoms with Crippen molar-refractivity contribution >= 4 is 18.5 Å². The van der Waals surface area contributed by atoms with Crippen LogP contribution >= 0.6 is 12.6 Å². The van der Waals surface area contributed by atoms with Crippen LogP contribution in [0.15, 0.2) is 0 Å². The fraction of sp³-hybridized carbons (Fsp3) is 0.833. The quantitative estimate of drug-likeness (QED) is 0.500. The van der Waals surface area contributed by atoms with Crippen LogP contribution in [-0.2, 0) is 4.79 Å². The maximum Gasteiger partial charge on any atom is 0.232 e. The number of nitrogens with zero attached hydrogens (tertiary/aromatic N) is 1. The smallest absolute Gasteiger partial charge is 0.232 e. The van der Waals surface area contributed by atoms with Crippen LogP contribution in [0.1, 0.15) is 0 Å². The number of carbonyl (C=O) groups is 1. The summed E-state index contributed by atoms with van der Waals surface area (Å²) in [6.45, 7) is 3.50. The van der Waals surface area contributed by atoms with E-state index in [9.17, 15) is 4.79 Å². The molecule has 1 saturated heterocycles. The first-order chi connectivity index (χ1) is 4.84. The van der Waals surface area contributed by atoms with E-state index in [-0.39, 0.29) is 5.91 Å². The monoisotopic (exact) mass is 160 g/mol. The second-order valence-corrected chi connectivity index (χ2v) is 2.61. The van der Waals surface area contributed by atoms with Crippen LogP contribution < -0.4 is 5.32 Å². The molecule has 1 N–H and O–H groups in total. The van der Waals surface area contributed by atoms with Crippen molar-refractivity contribution in [2.24, 2.45) is 0 Å². The van der Waals surface area contributed by atoms with E-state index < -0.39 is 0 Å². The predicted molar refractivity (Wildman–Crippen MR) is 43.3 cm³/mol. The van der Waals surface area contributed by atoms with E-state index >= 15 is 0 Å². The number of piperazine rings is 1. The molecule has 0 spiro atoms.